The molecule has 1 unspecified atom stereocenters. The van der Waals surface area contributed by atoms with Crippen molar-refractivity contribution in [2.45, 2.75) is 25.3 Å². The molecule has 2 amide bonds. The van der Waals surface area contributed by atoms with E-state index in [1.54, 1.807) is 18.3 Å². The number of nitriles is 1. The molecule has 0 aliphatic heterocycles. The Kier molecular flexibility index (Phi) is 6.48. The predicted molar refractivity (Wildman–Crippen MR) is 109 cm³/mol. The van der Waals surface area contributed by atoms with Crippen molar-refractivity contribution < 1.29 is 14.7 Å². The minimum atomic E-state index is -0.782. The first kappa shape index (κ1) is 20.0. The van der Waals surface area contributed by atoms with Crippen LogP contribution in [-0.2, 0) is 22.4 Å². The first-order chi connectivity index (χ1) is 14.1. The second-order valence-electron chi connectivity index (χ2n) is 6.73. The summed E-state index contributed by atoms with van der Waals surface area (Å²) in [7, 11) is 0. The fourth-order valence-electron chi connectivity index (χ4n) is 3.14. The summed E-state index contributed by atoms with van der Waals surface area (Å²) < 4.78 is 0. The molecule has 0 saturated carbocycles. The minimum absolute atomic E-state index is 0.132. The number of aromatic amines is 1. The van der Waals surface area contributed by atoms with Crippen LogP contribution in [0, 0.1) is 11.3 Å². The second kappa shape index (κ2) is 9.42. The van der Waals surface area contributed by atoms with E-state index in [4.69, 9.17) is 5.26 Å². The van der Waals surface area contributed by atoms with Crippen LogP contribution in [0.3, 0.4) is 0 Å². The number of fused-ring (bicyclic) bond motifs is 1. The maximum atomic E-state index is 12.6. The molecule has 1 aromatic heterocycles. The SMILES string of the molecule is N#CCCNC(=O)C(Cc1ccc(O)cc1)NC(=O)Cc1c[nH]c2ccccc12. The second-order valence-corrected chi connectivity index (χ2v) is 6.73. The van der Waals surface area contributed by atoms with Gasteiger partial charge in [-0.15, -0.1) is 0 Å². The van der Waals surface area contributed by atoms with Crippen molar-refractivity contribution >= 4 is 22.7 Å². The van der Waals surface area contributed by atoms with E-state index < -0.39 is 6.04 Å². The van der Waals surface area contributed by atoms with Crippen LogP contribution >= 0.6 is 0 Å². The van der Waals surface area contributed by atoms with Crippen LogP contribution in [0.25, 0.3) is 10.9 Å². The number of rotatable bonds is 8. The number of H-pyrrole nitrogens is 1. The molecular formula is C22H22N4O3. The van der Waals surface area contributed by atoms with Crippen LogP contribution in [0.5, 0.6) is 5.75 Å². The van der Waals surface area contributed by atoms with Gasteiger partial charge in [0.25, 0.3) is 0 Å². The van der Waals surface area contributed by atoms with Crippen molar-refractivity contribution in [2.75, 3.05) is 6.54 Å². The van der Waals surface area contributed by atoms with E-state index >= 15 is 0 Å². The van der Waals surface area contributed by atoms with Gasteiger partial charge in [0.15, 0.2) is 0 Å². The Hall–Kier alpha value is -3.79. The highest BCUT2D eigenvalue weighted by atomic mass is 16.3. The number of phenols is 1. The zero-order valence-corrected chi connectivity index (χ0v) is 15.8. The lowest BCUT2D eigenvalue weighted by Crippen LogP contribution is -2.48. The Balaban J connectivity index is 1.70. The van der Waals surface area contributed by atoms with Crippen LogP contribution in [-0.4, -0.2) is 34.5 Å². The molecular weight excluding hydrogens is 368 g/mol. The van der Waals surface area contributed by atoms with Gasteiger partial charge >= 0.3 is 0 Å². The lowest BCUT2D eigenvalue weighted by Gasteiger charge is -2.18. The van der Waals surface area contributed by atoms with E-state index in [1.807, 2.05) is 30.3 Å². The molecule has 0 fully saturated rings. The zero-order chi connectivity index (χ0) is 20.6. The summed E-state index contributed by atoms with van der Waals surface area (Å²) in [6, 6.07) is 15.4. The molecule has 1 atom stereocenters. The molecule has 0 aliphatic carbocycles. The van der Waals surface area contributed by atoms with E-state index in [2.05, 4.69) is 15.6 Å². The Morgan fingerprint density at radius 2 is 1.90 bits per heavy atom. The first-order valence-electron chi connectivity index (χ1n) is 9.33. The van der Waals surface area contributed by atoms with Gasteiger partial charge in [-0.1, -0.05) is 30.3 Å². The molecule has 0 radical (unpaired) electrons. The molecule has 2 aromatic carbocycles. The van der Waals surface area contributed by atoms with E-state index in [0.29, 0.717) is 0 Å². The zero-order valence-electron chi connectivity index (χ0n) is 15.8. The van der Waals surface area contributed by atoms with Crippen molar-refractivity contribution in [3.8, 4) is 11.8 Å². The summed E-state index contributed by atoms with van der Waals surface area (Å²) in [5.74, 6) is -0.485. The molecule has 7 nitrogen and oxygen atoms in total. The van der Waals surface area contributed by atoms with Gasteiger partial charge in [0.1, 0.15) is 11.8 Å². The number of hydrogen-bond acceptors (Lipinski definition) is 4. The van der Waals surface area contributed by atoms with Crippen molar-refractivity contribution in [1.82, 2.24) is 15.6 Å². The van der Waals surface area contributed by atoms with Crippen molar-refractivity contribution in [3.63, 3.8) is 0 Å². The predicted octanol–water partition coefficient (Wildman–Crippen LogP) is 2.17. The summed E-state index contributed by atoms with van der Waals surface area (Å²) in [5, 5.41) is 24.5. The highest BCUT2D eigenvalue weighted by molar-refractivity contribution is 5.92. The van der Waals surface area contributed by atoms with Gasteiger partial charge in [-0.25, -0.2) is 0 Å². The van der Waals surface area contributed by atoms with E-state index in [1.165, 1.54) is 12.1 Å². The number of benzene rings is 2. The number of carbonyl (C=O) groups excluding carboxylic acids is 2. The molecule has 148 valence electrons. The molecule has 0 bridgehead atoms. The van der Waals surface area contributed by atoms with Crippen LogP contribution in [0.15, 0.2) is 54.7 Å². The average molecular weight is 390 g/mol. The largest absolute Gasteiger partial charge is 0.508 e. The summed E-state index contributed by atoms with van der Waals surface area (Å²) >= 11 is 0. The first-order valence-corrected chi connectivity index (χ1v) is 9.33. The summed E-state index contributed by atoms with van der Waals surface area (Å²) in [4.78, 5) is 28.3. The molecule has 0 aliphatic rings. The monoisotopic (exact) mass is 390 g/mol. The van der Waals surface area contributed by atoms with Gasteiger partial charge < -0.3 is 20.7 Å². The van der Waals surface area contributed by atoms with Gasteiger partial charge in [0.2, 0.25) is 11.8 Å². The summed E-state index contributed by atoms with van der Waals surface area (Å²) in [6.07, 6.45) is 2.41. The third-order valence-corrected chi connectivity index (χ3v) is 4.59. The van der Waals surface area contributed by atoms with Gasteiger partial charge in [0, 0.05) is 30.1 Å². The maximum Gasteiger partial charge on any atom is 0.242 e. The van der Waals surface area contributed by atoms with E-state index in [-0.39, 0.29) is 43.4 Å². The molecule has 3 aromatic rings. The van der Waals surface area contributed by atoms with Gasteiger partial charge in [-0.2, -0.15) is 5.26 Å². The number of para-hydroxylation sites is 1. The van der Waals surface area contributed by atoms with Crippen molar-refractivity contribution in [1.29, 1.82) is 5.26 Å². The van der Waals surface area contributed by atoms with E-state index in [0.717, 1.165) is 22.0 Å². The number of phenolic OH excluding ortho intramolecular Hbond substituents is 1. The van der Waals surface area contributed by atoms with Crippen LogP contribution in [0.2, 0.25) is 0 Å². The number of nitrogens with one attached hydrogen (secondary N) is 3. The standard InChI is InChI=1S/C22H22N4O3/c23-10-3-11-24-22(29)20(12-15-6-8-17(27)9-7-15)26-21(28)13-16-14-25-19-5-2-1-4-18(16)19/h1-2,4-9,14,20,25,27H,3,11-13H2,(H,24,29)(H,26,28). The van der Waals surface area contributed by atoms with Crippen LogP contribution in [0.4, 0.5) is 0 Å². The third-order valence-electron chi connectivity index (χ3n) is 4.59. The van der Waals surface area contributed by atoms with Crippen molar-refractivity contribution in [2.24, 2.45) is 0 Å². The van der Waals surface area contributed by atoms with Crippen molar-refractivity contribution in [3.05, 3.63) is 65.9 Å². The topological polar surface area (TPSA) is 118 Å². The molecule has 3 rings (SSSR count). The Bertz CT molecular complexity index is 1030. The number of hydrogen-bond donors (Lipinski definition) is 4. The highest BCUT2D eigenvalue weighted by Gasteiger charge is 2.21. The number of aromatic hydroxyl groups is 1. The van der Waals surface area contributed by atoms with E-state index in [9.17, 15) is 14.7 Å². The Morgan fingerprint density at radius 1 is 1.14 bits per heavy atom. The molecule has 29 heavy (non-hydrogen) atoms. The lowest BCUT2D eigenvalue weighted by molar-refractivity contribution is -0.128. The third kappa shape index (κ3) is 5.36. The normalized spacial score (nSPS) is 11.6. The number of nitrogens with zero attached hydrogens (tertiary/aromatic N) is 1. The maximum absolute atomic E-state index is 12.6. The highest BCUT2D eigenvalue weighted by Crippen LogP contribution is 2.18. The molecule has 4 N–H and O–H groups in total. The summed E-state index contributed by atoms with van der Waals surface area (Å²) in [6.45, 7) is 0.222. The van der Waals surface area contributed by atoms with Crippen LogP contribution < -0.4 is 10.6 Å². The fraction of sp³-hybridized carbons (Fsp3) is 0.227. The smallest absolute Gasteiger partial charge is 0.242 e. The number of aromatic nitrogens is 1. The minimum Gasteiger partial charge on any atom is -0.508 e. The molecule has 7 heteroatoms. The number of amides is 2. The number of carbonyl (C=O) groups is 2. The Morgan fingerprint density at radius 3 is 2.66 bits per heavy atom. The fourth-order valence-corrected chi connectivity index (χ4v) is 3.14. The average Bonchev–Trinajstić information content (AvgIpc) is 3.12. The van der Waals surface area contributed by atoms with Crippen LogP contribution in [0.1, 0.15) is 17.5 Å². The van der Waals surface area contributed by atoms with Gasteiger partial charge in [-0.3, -0.25) is 9.59 Å². The molecule has 1 heterocycles. The van der Waals surface area contributed by atoms with Gasteiger partial charge in [0.05, 0.1) is 18.9 Å². The molecule has 0 spiro atoms. The Labute approximate surface area is 168 Å². The summed E-state index contributed by atoms with van der Waals surface area (Å²) in [5.41, 5.74) is 2.60. The lowest BCUT2D eigenvalue weighted by atomic mass is 10.0. The molecule has 0 saturated heterocycles. The quantitative estimate of drug-likeness (QED) is 0.441. The van der Waals surface area contributed by atoms with Gasteiger partial charge in [-0.05, 0) is 29.3 Å².